The van der Waals surface area contributed by atoms with Gasteiger partial charge in [0.2, 0.25) is 0 Å². The molecule has 0 atom stereocenters. The van der Waals surface area contributed by atoms with Crippen LogP contribution in [0.1, 0.15) is 20.8 Å². The van der Waals surface area contributed by atoms with Crippen molar-refractivity contribution in [1.29, 1.82) is 0 Å². The topological polar surface area (TPSA) is 58.8 Å². The number of piperazine rings is 1. The first-order chi connectivity index (χ1) is 10.4. The Bertz CT molecular complexity index is 667. The predicted molar refractivity (Wildman–Crippen MR) is 84.0 cm³/mol. The maximum Gasteiger partial charge on any atom is 0.410 e. The van der Waals surface area contributed by atoms with Crippen molar-refractivity contribution in [2.24, 2.45) is 0 Å². The number of fused-ring (bicyclic) bond motifs is 1. The third kappa shape index (κ3) is 3.16. The Hall–Kier alpha value is -2.24. The molecule has 0 bridgehead atoms. The largest absolute Gasteiger partial charge is 0.444 e. The SMILES string of the molecule is CC(C)(C)OC(=O)N1CCN(c2ccc3ncoc3c2)CC1. The molecule has 0 saturated carbocycles. The average molecular weight is 303 g/mol. The number of ether oxygens (including phenoxy) is 1. The highest BCUT2D eigenvalue weighted by atomic mass is 16.6. The molecule has 3 rings (SSSR count). The summed E-state index contributed by atoms with van der Waals surface area (Å²) in [5.41, 5.74) is 2.28. The fourth-order valence-electron chi connectivity index (χ4n) is 2.51. The number of carbonyl (C=O) groups excluding carboxylic acids is 1. The lowest BCUT2D eigenvalue weighted by Crippen LogP contribution is -2.50. The van der Waals surface area contributed by atoms with Gasteiger partial charge in [0, 0.05) is 37.9 Å². The zero-order valence-corrected chi connectivity index (χ0v) is 13.2. The lowest BCUT2D eigenvalue weighted by molar-refractivity contribution is 0.0240. The number of hydrogen-bond donors (Lipinski definition) is 0. The van der Waals surface area contributed by atoms with Crippen LogP contribution in [0.5, 0.6) is 0 Å². The van der Waals surface area contributed by atoms with E-state index in [-0.39, 0.29) is 6.09 Å². The van der Waals surface area contributed by atoms with Crippen LogP contribution < -0.4 is 4.90 Å². The molecule has 1 aliphatic heterocycles. The molecule has 1 aromatic heterocycles. The van der Waals surface area contributed by atoms with Crippen molar-refractivity contribution in [1.82, 2.24) is 9.88 Å². The van der Waals surface area contributed by atoms with Crippen LogP contribution in [0, 0.1) is 0 Å². The van der Waals surface area contributed by atoms with Crippen molar-refractivity contribution in [3.05, 3.63) is 24.6 Å². The third-order valence-electron chi connectivity index (χ3n) is 3.61. The van der Waals surface area contributed by atoms with E-state index in [0.717, 1.165) is 29.9 Å². The summed E-state index contributed by atoms with van der Waals surface area (Å²) in [5.74, 6) is 0. The maximum atomic E-state index is 12.1. The number of benzene rings is 1. The van der Waals surface area contributed by atoms with Crippen LogP contribution in [-0.4, -0.2) is 47.8 Å². The normalized spacial score (nSPS) is 16.1. The van der Waals surface area contributed by atoms with Crippen LogP contribution >= 0.6 is 0 Å². The minimum absolute atomic E-state index is 0.238. The molecule has 2 aromatic rings. The number of amides is 1. The Kier molecular flexibility index (Phi) is 3.68. The van der Waals surface area contributed by atoms with Gasteiger partial charge < -0.3 is 19.0 Å². The van der Waals surface area contributed by atoms with Crippen molar-refractivity contribution >= 4 is 22.9 Å². The molecule has 6 nitrogen and oxygen atoms in total. The number of aromatic nitrogens is 1. The van der Waals surface area contributed by atoms with Gasteiger partial charge in [0.25, 0.3) is 0 Å². The first-order valence-electron chi connectivity index (χ1n) is 7.48. The highest BCUT2D eigenvalue weighted by Crippen LogP contribution is 2.23. The fraction of sp³-hybridized carbons (Fsp3) is 0.500. The lowest BCUT2D eigenvalue weighted by atomic mass is 10.2. The van der Waals surface area contributed by atoms with Crippen LogP contribution in [0.15, 0.2) is 29.0 Å². The molecule has 0 aliphatic carbocycles. The number of anilines is 1. The lowest BCUT2D eigenvalue weighted by Gasteiger charge is -2.36. The second kappa shape index (κ2) is 5.51. The van der Waals surface area contributed by atoms with Gasteiger partial charge in [-0.05, 0) is 32.9 Å². The summed E-state index contributed by atoms with van der Waals surface area (Å²) in [6.45, 7) is 8.51. The van der Waals surface area contributed by atoms with Gasteiger partial charge in [-0.3, -0.25) is 0 Å². The highest BCUT2D eigenvalue weighted by Gasteiger charge is 2.26. The summed E-state index contributed by atoms with van der Waals surface area (Å²) in [5, 5.41) is 0. The van der Waals surface area contributed by atoms with E-state index in [1.807, 2.05) is 39.0 Å². The van der Waals surface area contributed by atoms with Gasteiger partial charge in [-0.2, -0.15) is 0 Å². The fourth-order valence-corrected chi connectivity index (χ4v) is 2.51. The van der Waals surface area contributed by atoms with Crippen molar-refractivity contribution < 1.29 is 13.9 Å². The molecule has 0 radical (unpaired) electrons. The second-order valence-electron chi connectivity index (χ2n) is 6.46. The van der Waals surface area contributed by atoms with E-state index in [1.165, 1.54) is 6.39 Å². The monoisotopic (exact) mass is 303 g/mol. The minimum Gasteiger partial charge on any atom is -0.444 e. The van der Waals surface area contributed by atoms with Crippen LogP contribution in [0.25, 0.3) is 11.1 Å². The standard InChI is InChI=1S/C16H21N3O3/c1-16(2,3)22-15(20)19-8-6-18(7-9-19)12-4-5-13-14(10-12)21-11-17-13/h4-5,10-11H,6-9H2,1-3H3. The summed E-state index contributed by atoms with van der Waals surface area (Å²) in [6.07, 6.45) is 1.22. The first kappa shape index (κ1) is 14.7. The number of nitrogens with zero attached hydrogens (tertiary/aromatic N) is 3. The van der Waals surface area contributed by atoms with E-state index in [2.05, 4.69) is 9.88 Å². The van der Waals surface area contributed by atoms with Gasteiger partial charge >= 0.3 is 6.09 Å². The number of hydrogen-bond acceptors (Lipinski definition) is 5. The summed E-state index contributed by atoms with van der Waals surface area (Å²) < 4.78 is 10.8. The van der Waals surface area contributed by atoms with E-state index >= 15 is 0 Å². The molecule has 6 heteroatoms. The Labute approximate surface area is 129 Å². The van der Waals surface area contributed by atoms with Crippen LogP contribution in [0.4, 0.5) is 10.5 Å². The van der Waals surface area contributed by atoms with E-state index in [0.29, 0.717) is 13.1 Å². The smallest absolute Gasteiger partial charge is 0.410 e. The van der Waals surface area contributed by atoms with Crippen LogP contribution in [0.3, 0.4) is 0 Å². The Morgan fingerprint density at radius 3 is 2.64 bits per heavy atom. The van der Waals surface area contributed by atoms with Gasteiger partial charge in [-0.25, -0.2) is 9.78 Å². The number of rotatable bonds is 1. The van der Waals surface area contributed by atoms with Gasteiger partial charge in [-0.15, -0.1) is 0 Å². The molecule has 0 unspecified atom stereocenters. The van der Waals surface area contributed by atoms with Crippen LogP contribution in [0.2, 0.25) is 0 Å². The molecule has 1 saturated heterocycles. The third-order valence-corrected chi connectivity index (χ3v) is 3.61. The second-order valence-corrected chi connectivity index (χ2v) is 6.46. The first-order valence-corrected chi connectivity index (χ1v) is 7.48. The van der Waals surface area contributed by atoms with Crippen molar-refractivity contribution in [3.8, 4) is 0 Å². The molecule has 0 spiro atoms. The zero-order chi connectivity index (χ0) is 15.7. The maximum absolute atomic E-state index is 12.1. The van der Waals surface area contributed by atoms with Gasteiger partial charge in [0.15, 0.2) is 12.0 Å². The summed E-state index contributed by atoms with van der Waals surface area (Å²) in [6, 6.07) is 5.98. The minimum atomic E-state index is -0.453. The Morgan fingerprint density at radius 2 is 1.95 bits per heavy atom. The summed E-state index contributed by atoms with van der Waals surface area (Å²) in [7, 11) is 0. The molecule has 1 amide bonds. The zero-order valence-electron chi connectivity index (χ0n) is 13.2. The summed E-state index contributed by atoms with van der Waals surface area (Å²) >= 11 is 0. The number of oxazole rings is 1. The molecular weight excluding hydrogens is 282 g/mol. The van der Waals surface area contributed by atoms with Gasteiger partial charge in [0.05, 0.1) is 0 Å². The average Bonchev–Trinajstić information content (AvgIpc) is 2.93. The summed E-state index contributed by atoms with van der Waals surface area (Å²) in [4.78, 5) is 20.2. The van der Waals surface area contributed by atoms with Crippen molar-refractivity contribution in [2.45, 2.75) is 26.4 Å². The molecule has 0 N–H and O–H groups in total. The van der Waals surface area contributed by atoms with E-state index in [9.17, 15) is 4.79 Å². The van der Waals surface area contributed by atoms with Gasteiger partial charge in [0.1, 0.15) is 11.1 Å². The van der Waals surface area contributed by atoms with E-state index < -0.39 is 5.60 Å². The van der Waals surface area contributed by atoms with Crippen molar-refractivity contribution in [2.75, 3.05) is 31.1 Å². The molecule has 22 heavy (non-hydrogen) atoms. The quantitative estimate of drug-likeness (QED) is 0.810. The molecule has 1 aliphatic rings. The van der Waals surface area contributed by atoms with E-state index in [4.69, 9.17) is 9.15 Å². The van der Waals surface area contributed by atoms with E-state index in [1.54, 1.807) is 4.90 Å². The Morgan fingerprint density at radius 1 is 1.23 bits per heavy atom. The Balaban J connectivity index is 1.62. The molecule has 2 heterocycles. The van der Waals surface area contributed by atoms with Gasteiger partial charge in [-0.1, -0.05) is 0 Å². The molecular formula is C16H21N3O3. The van der Waals surface area contributed by atoms with Crippen molar-refractivity contribution in [3.63, 3.8) is 0 Å². The predicted octanol–water partition coefficient (Wildman–Crippen LogP) is 2.88. The molecule has 118 valence electrons. The number of carbonyl (C=O) groups is 1. The molecule has 1 aromatic carbocycles. The molecule has 1 fully saturated rings. The van der Waals surface area contributed by atoms with Crippen LogP contribution in [-0.2, 0) is 4.74 Å². The highest BCUT2D eigenvalue weighted by molar-refractivity contribution is 5.77.